The largest absolute Gasteiger partial charge is 0.485 e. The van der Waals surface area contributed by atoms with E-state index in [0.717, 1.165) is 50.3 Å². The number of hydrogen-bond donors (Lipinski definition) is 0. The van der Waals surface area contributed by atoms with Crippen LogP contribution >= 0.6 is 0 Å². The van der Waals surface area contributed by atoms with Crippen LogP contribution in [0.3, 0.4) is 0 Å². The summed E-state index contributed by atoms with van der Waals surface area (Å²) in [6, 6.07) is 9.55. The summed E-state index contributed by atoms with van der Waals surface area (Å²) in [7, 11) is 0. The molecule has 0 amide bonds. The van der Waals surface area contributed by atoms with Gasteiger partial charge in [0.25, 0.3) is 0 Å². The van der Waals surface area contributed by atoms with Crippen LogP contribution in [0.5, 0.6) is 5.75 Å². The predicted octanol–water partition coefficient (Wildman–Crippen LogP) is 2.38. The third-order valence-corrected chi connectivity index (χ3v) is 4.81. The molecule has 2 aliphatic rings. The number of carbonyl (C=O) groups excluding carboxylic acids is 1. The van der Waals surface area contributed by atoms with E-state index in [9.17, 15) is 4.79 Å². The van der Waals surface area contributed by atoms with Crippen molar-refractivity contribution in [2.24, 2.45) is 0 Å². The average Bonchev–Trinajstić information content (AvgIpc) is 3.18. The SMILES string of the molecule is O=C1C[C@]2(CCN(CCCn3cccn3)C2)Oc2ccccc21. The van der Waals surface area contributed by atoms with Crippen LogP contribution in [0.2, 0.25) is 0 Å². The molecule has 5 heteroatoms. The van der Waals surface area contributed by atoms with Gasteiger partial charge in [0.15, 0.2) is 5.78 Å². The third-order valence-electron chi connectivity index (χ3n) is 4.81. The molecule has 1 spiro atoms. The molecule has 0 unspecified atom stereocenters. The first-order chi connectivity index (χ1) is 11.2. The lowest BCUT2D eigenvalue weighted by Gasteiger charge is -2.34. The molecule has 1 aromatic carbocycles. The van der Waals surface area contributed by atoms with E-state index >= 15 is 0 Å². The van der Waals surface area contributed by atoms with Crippen LogP contribution < -0.4 is 4.74 Å². The molecule has 3 heterocycles. The van der Waals surface area contributed by atoms with Gasteiger partial charge in [-0.1, -0.05) is 12.1 Å². The average molecular weight is 311 g/mol. The summed E-state index contributed by atoms with van der Waals surface area (Å²) in [5, 5.41) is 4.23. The zero-order valence-electron chi connectivity index (χ0n) is 13.1. The first kappa shape index (κ1) is 14.5. The summed E-state index contributed by atoms with van der Waals surface area (Å²) >= 11 is 0. The van der Waals surface area contributed by atoms with E-state index in [-0.39, 0.29) is 11.4 Å². The highest BCUT2D eigenvalue weighted by atomic mass is 16.5. The fraction of sp³-hybridized carbons (Fsp3) is 0.444. The van der Waals surface area contributed by atoms with Gasteiger partial charge in [0, 0.05) is 45.0 Å². The van der Waals surface area contributed by atoms with Crippen molar-refractivity contribution in [1.82, 2.24) is 14.7 Å². The normalized spacial score (nSPS) is 23.9. The van der Waals surface area contributed by atoms with E-state index < -0.39 is 0 Å². The highest BCUT2D eigenvalue weighted by molar-refractivity contribution is 6.00. The molecule has 23 heavy (non-hydrogen) atoms. The molecule has 0 aliphatic carbocycles. The summed E-state index contributed by atoms with van der Waals surface area (Å²) in [5.74, 6) is 0.965. The van der Waals surface area contributed by atoms with Gasteiger partial charge in [-0.05, 0) is 24.6 Å². The molecule has 1 atom stereocenters. The lowest BCUT2D eigenvalue weighted by Crippen LogP contribution is -2.44. The molecule has 2 aromatic rings. The van der Waals surface area contributed by atoms with Crippen molar-refractivity contribution < 1.29 is 9.53 Å². The number of para-hydroxylation sites is 1. The standard InChI is InChI=1S/C18H21N3O2/c22-16-13-18(23-17-6-2-1-5-15(16)17)7-12-20(14-18)9-4-11-21-10-3-8-19-21/h1-3,5-6,8,10H,4,7,9,11-14H2/t18-/m0/s1. The van der Waals surface area contributed by atoms with Crippen molar-refractivity contribution in [1.29, 1.82) is 0 Å². The number of nitrogens with zero attached hydrogens (tertiary/aromatic N) is 3. The maximum Gasteiger partial charge on any atom is 0.170 e. The molecule has 1 aromatic heterocycles. The van der Waals surface area contributed by atoms with Gasteiger partial charge in [0.2, 0.25) is 0 Å². The second-order valence-corrected chi connectivity index (χ2v) is 6.53. The molecule has 1 fully saturated rings. The first-order valence-electron chi connectivity index (χ1n) is 8.25. The number of Topliss-reactive ketones (excluding diaryl/α,β-unsaturated/α-hetero) is 1. The Hall–Kier alpha value is -2.14. The van der Waals surface area contributed by atoms with Crippen molar-refractivity contribution in [2.75, 3.05) is 19.6 Å². The minimum Gasteiger partial charge on any atom is -0.485 e. The van der Waals surface area contributed by atoms with Gasteiger partial charge < -0.3 is 4.74 Å². The fourth-order valence-electron chi connectivity index (χ4n) is 3.68. The van der Waals surface area contributed by atoms with Crippen LogP contribution in [0.1, 0.15) is 29.6 Å². The molecular formula is C18H21N3O2. The molecule has 0 N–H and O–H groups in total. The highest BCUT2D eigenvalue weighted by Crippen LogP contribution is 2.38. The molecule has 4 rings (SSSR count). The summed E-state index contributed by atoms with van der Waals surface area (Å²) in [6.45, 7) is 3.78. The molecular weight excluding hydrogens is 290 g/mol. The van der Waals surface area contributed by atoms with Crippen LogP contribution in [0, 0.1) is 0 Å². The number of aromatic nitrogens is 2. The number of benzene rings is 1. The zero-order chi connectivity index (χ0) is 15.7. The van der Waals surface area contributed by atoms with Gasteiger partial charge in [0.05, 0.1) is 12.0 Å². The Morgan fingerprint density at radius 3 is 3.00 bits per heavy atom. The number of rotatable bonds is 4. The van der Waals surface area contributed by atoms with Gasteiger partial charge in [0.1, 0.15) is 11.4 Å². The van der Waals surface area contributed by atoms with Crippen LogP contribution in [-0.2, 0) is 6.54 Å². The van der Waals surface area contributed by atoms with Gasteiger partial charge >= 0.3 is 0 Å². The Labute approximate surface area is 135 Å². The summed E-state index contributed by atoms with van der Waals surface area (Å²) in [5.41, 5.74) is 0.409. The molecule has 0 bridgehead atoms. The highest BCUT2D eigenvalue weighted by Gasteiger charge is 2.45. The van der Waals surface area contributed by atoms with Crippen LogP contribution in [0.4, 0.5) is 0 Å². The van der Waals surface area contributed by atoms with E-state index in [0.29, 0.717) is 6.42 Å². The lowest BCUT2D eigenvalue weighted by atomic mass is 9.89. The monoisotopic (exact) mass is 311 g/mol. The van der Waals surface area contributed by atoms with Gasteiger partial charge in [-0.2, -0.15) is 5.10 Å². The maximum absolute atomic E-state index is 12.4. The quantitative estimate of drug-likeness (QED) is 0.870. The molecule has 0 saturated carbocycles. The van der Waals surface area contributed by atoms with Gasteiger partial charge in [-0.15, -0.1) is 0 Å². The van der Waals surface area contributed by atoms with Gasteiger partial charge in [-0.25, -0.2) is 0 Å². The Morgan fingerprint density at radius 2 is 2.13 bits per heavy atom. The first-order valence-corrected chi connectivity index (χ1v) is 8.25. The number of likely N-dealkylation sites (tertiary alicyclic amines) is 1. The lowest BCUT2D eigenvalue weighted by molar-refractivity contribution is 0.0459. The van der Waals surface area contributed by atoms with Crippen molar-refractivity contribution in [3.63, 3.8) is 0 Å². The molecule has 5 nitrogen and oxygen atoms in total. The Balaban J connectivity index is 1.37. The minimum absolute atomic E-state index is 0.213. The molecule has 0 radical (unpaired) electrons. The van der Waals surface area contributed by atoms with E-state index in [2.05, 4.69) is 10.00 Å². The van der Waals surface area contributed by atoms with E-state index in [1.54, 1.807) is 0 Å². The third kappa shape index (κ3) is 2.88. The number of hydrogen-bond acceptors (Lipinski definition) is 4. The minimum atomic E-state index is -0.322. The van der Waals surface area contributed by atoms with Crippen molar-refractivity contribution >= 4 is 5.78 Å². The second kappa shape index (κ2) is 5.81. The smallest absolute Gasteiger partial charge is 0.170 e. The molecule has 2 aliphatic heterocycles. The number of carbonyl (C=O) groups is 1. The topological polar surface area (TPSA) is 47.4 Å². The number of ketones is 1. The summed E-state index contributed by atoms with van der Waals surface area (Å²) in [6.07, 6.45) is 6.28. The van der Waals surface area contributed by atoms with E-state index in [4.69, 9.17) is 4.74 Å². The van der Waals surface area contributed by atoms with Crippen molar-refractivity contribution in [3.8, 4) is 5.75 Å². The van der Waals surface area contributed by atoms with Gasteiger partial charge in [-0.3, -0.25) is 14.4 Å². The van der Waals surface area contributed by atoms with Crippen molar-refractivity contribution in [3.05, 3.63) is 48.3 Å². The Bertz CT molecular complexity index is 698. The van der Waals surface area contributed by atoms with Crippen molar-refractivity contribution in [2.45, 2.75) is 31.4 Å². The zero-order valence-corrected chi connectivity index (χ0v) is 13.1. The Morgan fingerprint density at radius 1 is 1.22 bits per heavy atom. The molecule has 120 valence electrons. The molecule has 1 saturated heterocycles. The summed E-state index contributed by atoms with van der Waals surface area (Å²) in [4.78, 5) is 14.8. The second-order valence-electron chi connectivity index (χ2n) is 6.53. The Kier molecular flexibility index (Phi) is 3.65. The van der Waals surface area contributed by atoms with E-state index in [1.807, 2.05) is 47.4 Å². The number of fused-ring (bicyclic) bond motifs is 1. The van der Waals surface area contributed by atoms with E-state index in [1.165, 1.54) is 0 Å². The predicted molar refractivity (Wildman–Crippen MR) is 86.6 cm³/mol. The van der Waals surface area contributed by atoms with Crippen LogP contribution in [0.25, 0.3) is 0 Å². The summed E-state index contributed by atoms with van der Waals surface area (Å²) < 4.78 is 8.21. The van der Waals surface area contributed by atoms with Crippen LogP contribution in [-0.4, -0.2) is 45.7 Å². The number of aryl methyl sites for hydroxylation is 1. The fourth-order valence-corrected chi connectivity index (χ4v) is 3.68. The van der Waals surface area contributed by atoms with Crippen LogP contribution in [0.15, 0.2) is 42.7 Å². The number of ether oxygens (including phenoxy) is 1. The maximum atomic E-state index is 12.4.